The Morgan fingerprint density at radius 3 is 2.51 bits per heavy atom. The normalized spacial score (nSPS) is 17.6. The summed E-state index contributed by atoms with van der Waals surface area (Å²) in [6.07, 6.45) is 5.02. The van der Waals surface area contributed by atoms with E-state index in [-0.39, 0.29) is 17.5 Å². The second-order valence-electron chi connectivity index (χ2n) is 11.7. The van der Waals surface area contributed by atoms with Crippen molar-refractivity contribution in [3.63, 3.8) is 0 Å². The smallest absolute Gasteiger partial charge is 0.338 e. The summed E-state index contributed by atoms with van der Waals surface area (Å²) in [5, 5.41) is 15.4. The predicted octanol–water partition coefficient (Wildman–Crippen LogP) is 6.88. The first kappa shape index (κ1) is 29.1. The highest BCUT2D eigenvalue weighted by Gasteiger charge is 2.37. The molecule has 0 bridgehead atoms. The van der Waals surface area contributed by atoms with E-state index < -0.39 is 6.04 Å². The number of fused-ring (bicyclic) bond motifs is 1. The van der Waals surface area contributed by atoms with Crippen molar-refractivity contribution in [2.75, 3.05) is 11.9 Å². The van der Waals surface area contributed by atoms with Gasteiger partial charge in [0.05, 0.1) is 16.7 Å². The number of aromatic nitrogens is 4. The molecular weight excluding hydrogens is 586 g/mol. The number of halogens is 1. The number of benzene rings is 2. The molecular formula is C31H38BrN5O4. The molecule has 1 fully saturated rings. The van der Waals surface area contributed by atoms with Crippen LogP contribution in [0.2, 0.25) is 0 Å². The molecule has 2 heterocycles. The first-order valence-electron chi connectivity index (χ1n) is 14.3. The highest BCUT2D eigenvalue weighted by Crippen LogP contribution is 2.43. The van der Waals surface area contributed by atoms with Crippen LogP contribution in [0.1, 0.15) is 89.5 Å². The fourth-order valence-corrected chi connectivity index (χ4v) is 5.96. The molecule has 2 aromatic carbocycles. The predicted molar refractivity (Wildman–Crippen MR) is 160 cm³/mol. The number of esters is 1. The molecule has 3 aromatic rings. The van der Waals surface area contributed by atoms with Gasteiger partial charge >= 0.3 is 5.97 Å². The second kappa shape index (κ2) is 12.2. The first-order valence-corrected chi connectivity index (χ1v) is 15.1. The van der Waals surface area contributed by atoms with Crippen LogP contribution in [0.3, 0.4) is 0 Å². The average molecular weight is 625 g/mol. The van der Waals surface area contributed by atoms with E-state index in [4.69, 9.17) is 14.2 Å². The number of carbonyl (C=O) groups excluding carboxylic acids is 1. The Morgan fingerprint density at radius 2 is 1.83 bits per heavy atom. The maximum Gasteiger partial charge on any atom is 0.338 e. The molecule has 0 spiro atoms. The lowest BCUT2D eigenvalue weighted by Gasteiger charge is -2.30. The summed E-state index contributed by atoms with van der Waals surface area (Å²) in [4.78, 5) is 13.6. The standard InChI is InChI=1S/C31H38BrN5O4/c1-6-39-25-17-21(16-24(32)28(25)40-18-20-12-14-22(15-13-20)31(3,4)5)27-26(19(2)33-30-34-35-36-37(27)30)29(38)41-23-10-8-7-9-11-23/h12-17,23,27H,6-11,18H2,1-5H3,(H,33,34,36). The Morgan fingerprint density at radius 1 is 1.10 bits per heavy atom. The van der Waals surface area contributed by atoms with Crippen LogP contribution in [-0.2, 0) is 21.6 Å². The zero-order chi connectivity index (χ0) is 29.1. The number of nitrogens with one attached hydrogen (secondary N) is 1. The number of allylic oxidation sites excluding steroid dienone is 1. The van der Waals surface area contributed by atoms with Gasteiger partial charge in [-0.15, -0.1) is 0 Å². The molecule has 41 heavy (non-hydrogen) atoms. The third-order valence-electron chi connectivity index (χ3n) is 7.61. The lowest BCUT2D eigenvalue weighted by molar-refractivity contribution is -0.146. The number of carbonyl (C=O) groups is 1. The highest BCUT2D eigenvalue weighted by atomic mass is 79.9. The van der Waals surface area contributed by atoms with Crippen LogP contribution in [0.25, 0.3) is 0 Å². The molecule has 9 nitrogen and oxygen atoms in total. The minimum absolute atomic E-state index is 0.0774. The van der Waals surface area contributed by atoms with Crippen molar-refractivity contribution in [3.8, 4) is 11.5 Å². The van der Waals surface area contributed by atoms with Gasteiger partial charge in [0.15, 0.2) is 11.5 Å². The Balaban J connectivity index is 1.46. The molecule has 1 aliphatic carbocycles. The number of tetrazole rings is 1. The van der Waals surface area contributed by atoms with Crippen molar-refractivity contribution in [3.05, 3.63) is 68.8 Å². The van der Waals surface area contributed by atoms with Gasteiger partial charge in [0, 0.05) is 5.70 Å². The van der Waals surface area contributed by atoms with Gasteiger partial charge in [-0.3, -0.25) is 0 Å². The molecule has 10 heteroatoms. The van der Waals surface area contributed by atoms with E-state index in [1.165, 1.54) is 12.0 Å². The summed E-state index contributed by atoms with van der Waals surface area (Å²) in [7, 11) is 0. The minimum Gasteiger partial charge on any atom is -0.490 e. The summed E-state index contributed by atoms with van der Waals surface area (Å²) in [6.45, 7) is 11.2. The third-order valence-corrected chi connectivity index (χ3v) is 8.20. The molecule has 1 N–H and O–H groups in total. The first-order chi connectivity index (χ1) is 19.7. The number of hydrogen-bond acceptors (Lipinski definition) is 8. The van der Waals surface area contributed by atoms with Crippen LogP contribution in [0, 0.1) is 0 Å². The van der Waals surface area contributed by atoms with Crippen molar-refractivity contribution in [2.24, 2.45) is 0 Å². The van der Waals surface area contributed by atoms with Gasteiger partial charge in [-0.05, 0) is 100 Å². The van der Waals surface area contributed by atoms with Gasteiger partial charge in [-0.2, -0.15) is 4.68 Å². The van der Waals surface area contributed by atoms with Gasteiger partial charge in [0.2, 0.25) is 5.95 Å². The maximum atomic E-state index is 13.6. The van der Waals surface area contributed by atoms with E-state index >= 15 is 0 Å². The van der Waals surface area contributed by atoms with E-state index in [2.05, 4.69) is 81.8 Å². The molecule has 0 amide bonds. The number of ether oxygens (including phenoxy) is 3. The monoisotopic (exact) mass is 623 g/mol. The van der Waals surface area contributed by atoms with E-state index in [0.717, 1.165) is 36.8 Å². The Hall–Kier alpha value is -3.40. The fraction of sp³-hybridized carbons (Fsp3) is 0.484. The average Bonchev–Trinajstić information content (AvgIpc) is 3.40. The van der Waals surface area contributed by atoms with Gasteiger partial charge in [0.25, 0.3) is 0 Å². The van der Waals surface area contributed by atoms with Crippen molar-refractivity contribution >= 4 is 27.8 Å². The minimum atomic E-state index is -0.605. The van der Waals surface area contributed by atoms with E-state index in [9.17, 15) is 4.79 Å². The van der Waals surface area contributed by atoms with Crippen molar-refractivity contribution in [1.82, 2.24) is 20.2 Å². The molecule has 218 valence electrons. The number of rotatable bonds is 8. The molecule has 0 saturated heterocycles. The summed E-state index contributed by atoms with van der Waals surface area (Å²) < 4.78 is 20.7. The quantitative estimate of drug-likeness (QED) is 0.271. The summed E-state index contributed by atoms with van der Waals surface area (Å²) in [5.41, 5.74) is 4.31. The van der Waals surface area contributed by atoms with Gasteiger partial charge in [-0.25, -0.2) is 4.79 Å². The largest absolute Gasteiger partial charge is 0.490 e. The maximum absolute atomic E-state index is 13.6. The zero-order valence-electron chi connectivity index (χ0n) is 24.4. The van der Waals surface area contributed by atoms with Crippen LogP contribution in [-0.4, -0.2) is 38.9 Å². The Kier molecular flexibility index (Phi) is 8.68. The van der Waals surface area contributed by atoms with Crippen LogP contribution in [0.5, 0.6) is 11.5 Å². The molecule has 0 radical (unpaired) electrons. The van der Waals surface area contributed by atoms with Crippen LogP contribution < -0.4 is 14.8 Å². The van der Waals surface area contributed by atoms with E-state index in [1.54, 1.807) is 4.68 Å². The molecule has 1 aromatic heterocycles. The van der Waals surface area contributed by atoms with Crippen molar-refractivity contribution in [2.45, 2.75) is 90.9 Å². The van der Waals surface area contributed by atoms with E-state index in [1.807, 2.05) is 26.0 Å². The van der Waals surface area contributed by atoms with E-state index in [0.29, 0.717) is 46.4 Å². The zero-order valence-corrected chi connectivity index (χ0v) is 26.0. The third kappa shape index (κ3) is 6.42. The fourth-order valence-electron chi connectivity index (χ4n) is 5.39. The number of nitrogens with zero attached hydrogens (tertiary/aromatic N) is 4. The Bertz CT molecular complexity index is 1420. The Labute approximate surface area is 249 Å². The molecule has 1 unspecified atom stereocenters. The molecule has 2 aliphatic rings. The van der Waals surface area contributed by atoms with Crippen LogP contribution in [0.15, 0.2) is 52.1 Å². The SMILES string of the molecule is CCOc1cc(C2C(C(=O)OC3CCCCC3)=C(C)Nc3nnnn32)cc(Br)c1OCc1ccc(C(C)(C)C)cc1. The molecule has 1 atom stereocenters. The van der Waals surface area contributed by atoms with Crippen molar-refractivity contribution in [1.29, 1.82) is 0 Å². The van der Waals surface area contributed by atoms with Gasteiger partial charge in [0.1, 0.15) is 18.8 Å². The number of hydrogen-bond donors (Lipinski definition) is 1. The van der Waals surface area contributed by atoms with Gasteiger partial charge < -0.3 is 19.5 Å². The molecule has 1 aliphatic heterocycles. The highest BCUT2D eigenvalue weighted by molar-refractivity contribution is 9.10. The lowest BCUT2D eigenvalue weighted by atomic mass is 9.87. The summed E-state index contributed by atoms with van der Waals surface area (Å²) >= 11 is 3.71. The topological polar surface area (TPSA) is 100 Å². The summed E-state index contributed by atoms with van der Waals surface area (Å²) in [5.74, 6) is 1.25. The van der Waals surface area contributed by atoms with Crippen molar-refractivity contribution < 1.29 is 19.0 Å². The molecule has 1 saturated carbocycles. The summed E-state index contributed by atoms with van der Waals surface area (Å²) in [6, 6.07) is 11.7. The molecule has 5 rings (SSSR count). The lowest BCUT2D eigenvalue weighted by Crippen LogP contribution is -2.32. The number of anilines is 1. The second-order valence-corrected chi connectivity index (χ2v) is 12.5. The van der Waals surface area contributed by atoms with Crippen LogP contribution >= 0.6 is 15.9 Å². The van der Waals surface area contributed by atoms with Gasteiger partial charge in [-0.1, -0.05) is 56.6 Å². The van der Waals surface area contributed by atoms with Crippen LogP contribution in [0.4, 0.5) is 5.95 Å².